The van der Waals surface area contributed by atoms with Gasteiger partial charge in [0.1, 0.15) is 0 Å². The van der Waals surface area contributed by atoms with Gasteiger partial charge in [0.2, 0.25) is 6.43 Å². The predicted octanol–water partition coefficient (Wildman–Crippen LogP) is 3.11. The fraction of sp³-hybridized carbons (Fsp3) is 1.00. The van der Waals surface area contributed by atoms with E-state index in [1.54, 1.807) is 0 Å². The van der Waals surface area contributed by atoms with Crippen molar-refractivity contribution in [1.82, 2.24) is 0 Å². The smallest absolute Gasteiger partial charge is 0.216 e. The molecule has 0 saturated heterocycles. The highest BCUT2D eigenvalue weighted by molar-refractivity contribution is 6.23. The van der Waals surface area contributed by atoms with Gasteiger partial charge in [-0.1, -0.05) is 11.6 Å². The molecule has 68 valence electrons. The van der Waals surface area contributed by atoms with Gasteiger partial charge >= 0.3 is 6.18 Å². The summed E-state index contributed by atoms with van der Waals surface area (Å²) in [6.45, 7) is 0. The van der Waals surface area contributed by atoms with Gasteiger partial charge in [-0.3, -0.25) is 0 Å². The van der Waals surface area contributed by atoms with E-state index in [1.807, 2.05) is 0 Å². The topological polar surface area (TPSA) is 0 Å². The molecule has 0 aromatic rings. The summed E-state index contributed by atoms with van der Waals surface area (Å²) in [5, 5.41) is -4.32. The third-order valence-electron chi connectivity index (χ3n) is 0.825. The molecule has 0 N–H and O–H groups in total. The Bertz CT molecular complexity index is 127. The lowest BCUT2D eigenvalue weighted by atomic mass is 10.3. The van der Waals surface area contributed by atoms with Crippen molar-refractivity contribution in [2.75, 3.05) is 0 Å². The second-order valence-electron chi connectivity index (χ2n) is 1.80. The van der Waals surface area contributed by atoms with E-state index < -0.39 is 24.2 Å². The minimum absolute atomic E-state index is 2.04. The maximum Gasteiger partial charge on any atom is 0.437 e. The van der Waals surface area contributed by atoms with E-state index in [0.717, 1.165) is 0 Å². The first-order chi connectivity index (χ1) is 4.67. The van der Waals surface area contributed by atoms with Crippen LogP contribution < -0.4 is 0 Å². The van der Waals surface area contributed by atoms with Gasteiger partial charge in [-0.15, -0.1) is 0 Å². The van der Waals surface area contributed by atoms with Crippen molar-refractivity contribution < 1.29 is 26.3 Å². The van der Waals surface area contributed by atoms with Crippen LogP contribution in [0.15, 0.2) is 0 Å². The molecule has 0 nitrogen and oxygen atoms in total. The van der Waals surface area contributed by atoms with Crippen LogP contribution >= 0.6 is 11.6 Å². The SMILES string of the molecule is FC(F)CC(F)(Cl)C(F)(F)F. The zero-order valence-corrected chi connectivity index (χ0v) is 5.69. The van der Waals surface area contributed by atoms with Crippen LogP contribution in [0.2, 0.25) is 0 Å². The molecule has 0 saturated carbocycles. The minimum Gasteiger partial charge on any atom is -0.216 e. The fourth-order valence-electron chi connectivity index (χ4n) is 0.310. The van der Waals surface area contributed by atoms with Crippen molar-refractivity contribution in [3.8, 4) is 0 Å². The molecule has 1 unspecified atom stereocenters. The summed E-state index contributed by atoms with van der Waals surface area (Å²) in [7, 11) is 0. The summed E-state index contributed by atoms with van der Waals surface area (Å²) in [5.41, 5.74) is 0. The highest BCUT2D eigenvalue weighted by Crippen LogP contribution is 2.41. The maximum atomic E-state index is 12.0. The summed E-state index contributed by atoms with van der Waals surface area (Å²) in [4.78, 5) is 0. The minimum atomic E-state index is -5.45. The summed E-state index contributed by atoms with van der Waals surface area (Å²) >= 11 is 4.14. The molecule has 0 spiro atoms. The van der Waals surface area contributed by atoms with Crippen LogP contribution in [0.5, 0.6) is 0 Å². The molecule has 0 heterocycles. The van der Waals surface area contributed by atoms with Crippen LogP contribution in [-0.2, 0) is 0 Å². The molecule has 0 fully saturated rings. The molecule has 7 heteroatoms. The Morgan fingerprint density at radius 1 is 1.09 bits per heavy atom. The van der Waals surface area contributed by atoms with Gasteiger partial charge in [0.05, 0.1) is 6.42 Å². The first-order valence-corrected chi connectivity index (χ1v) is 2.77. The zero-order valence-electron chi connectivity index (χ0n) is 4.93. The van der Waals surface area contributed by atoms with E-state index in [1.165, 1.54) is 0 Å². The van der Waals surface area contributed by atoms with Gasteiger partial charge in [-0.05, 0) is 0 Å². The molecule has 0 radical (unpaired) electrons. The van der Waals surface area contributed by atoms with Gasteiger partial charge < -0.3 is 0 Å². The first kappa shape index (κ1) is 10.9. The van der Waals surface area contributed by atoms with E-state index in [2.05, 4.69) is 11.6 Å². The lowest BCUT2D eigenvalue weighted by Gasteiger charge is -2.20. The fourth-order valence-corrected chi connectivity index (χ4v) is 0.426. The van der Waals surface area contributed by atoms with Crippen molar-refractivity contribution in [1.29, 1.82) is 0 Å². The van der Waals surface area contributed by atoms with Crippen LogP contribution in [-0.4, -0.2) is 17.7 Å². The Hall–Kier alpha value is -0.130. The van der Waals surface area contributed by atoms with Gasteiger partial charge in [0.15, 0.2) is 0 Å². The van der Waals surface area contributed by atoms with Crippen LogP contribution in [0.25, 0.3) is 0 Å². The monoisotopic (exact) mass is 200 g/mol. The summed E-state index contributed by atoms with van der Waals surface area (Å²) in [6, 6.07) is 0. The van der Waals surface area contributed by atoms with E-state index >= 15 is 0 Å². The molecule has 0 bridgehead atoms. The highest BCUT2D eigenvalue weighted by Gasteiger charge is 2.56. The Morgan fingerprint density at radius 2 is 1.45 bits per heavy atom. The molecular weight excluding hydrogens is 197 g/mol. The van der Waals surface area contributed by atoms with Crippen LogP contribution in [0.1, 0.15) is 6.42 Å². The van der Waals surface area contributed by atoms with Crippen molar-refractivity contribution in [3.63, 3.8) is 0 Å². The number of hydrogen-bond donors (Lipinski definition) is 0. The maximum absolute atomic E-state index is 12.0. The number of hydrogen-bond acceptors (Lipinski definition) is 0. The molecule has 0 amide bonds. The predicted molar refractivity (Wildman–Crippen MR) is 26.4 cm³/mol. The normalized spacial score (nSPS) is 18.5. The molecular formula is C4H3ClF6. The average molecular weight is 201 g/mol. The first-order valence-electron chi connectivity index (χ1n) is 2.39. The van der Waals surface area contributed by atoms with Crippen molar-refractivity contribution >= 4 is 11.6 Å². The van der Waals surface area contributed by atoms with Crippen molar-refractivity contribution in [3.05, 3.63) is 0 Å². The third kappa shape index (κ3) is 3.18. The van der Waals surface area contributed by atoms with Gasteiger partial charge in [-0.25, -0.2) is 13.2 Å². The Morgan fingerprint density at radius 3 is 1.55 bits per heavy atom. The number of alkyl halides is 7. The Balaban J connectivity index is 4.22. The van der Waals surface area contributed by atoms with E-state index in [-0.39, 0.29) is 0 Å². The molecule has 0 aliphatic carbocycles. The molecule has 0 aromatic carbocycles. The van der Waals surface area contributed by atoms with E-state index in [9.17, 15) is 26.3 Å². The summed E-state index contributed by atoms with van der Waals surface area (Å²) in [6.07, 6.45) is -10.9. The standard InChI is InChI=1S/C4H3ClF6/c5-3(8,1-2(6)7)4(9,10)11/h2H,1H2. The van der Waals surface area contributed by atoms with Crippen molar-refractivity contribution in [2.45, 2.75) is 24.2 Å². The van der Waals surface area contributed by atoms with Crippen LogP contribution in [0.3, 0.4) is 0 Å². The summed E-state index contributed by atoms with van der Waals surface area (Å²) in [5.74, 6) is 0. The van der Waals surface area contributed by atoms with Gasteiger partial charge in [0.25, 0.3) is 5.13 Å². The van der Waals surface area contributed by atoms with Gasteiger partial charge in [-0.2, -0.15) is 13.2 Å². The largest absolute Gasteiger partial charge is 0.437 e. The Labute approximate surface area is 63.1 Å². The quantitative estimate of drug-likeness (QED) is 0.475. The third-order valence-corrected chi connectivity index (χ3v) is 1.19. The summed E-state index contributed by atoms with van der Waals surface area (Å²) < 4.78 is 68.5. The molecule has 0 aliphatic heterocycles. The molecule has 11 heavy (non-hydrogen) atoms. The highest BCUT2D eigenvalue weighted by atomic mass is 35.5. The molecule has 0 rings (SSSR count). The van der Waals surface area contributed by atoms with E-state index in [4.69, 9.17) is 0 Å². The second-order valence-corrected chi connectivity index (χ2v) is 2.40. The van der Waals surface area contributed by atoms with E-state index in [0.29, 0.717) is 0 Å². The van der Waals surface area contributed by atoms with Crippen LogP contribution in [0, 0.1) is 0 Å². The molecule has 1 atom stereocenters. The number of rotatable bonds is 2. The second kappa shape index (κ2) is 3.08. The van der Waals surface area contributed by atoms with Gasteiger partial charge in [0, 0.05) is 0 Å². The molecule has 0 aromatic heterocycles. The van der Waals surface area contributed by atoms with Crippen molar-refractivity contribution in [2.24, 2.45) is 0 Å². The number of halogens is 7. The lowest BCUT2D eigenvalue weighted by molar-refractivity contribution is -0.207. The zero-order chi connectivity index (χ0) is 9.28. The Kier molecular flexibility index (Phi) is 3.05. The van der Waals surface area contributed by atoms with Crippen LogP contribution in [0.4, 0.5) is 26.3 Å². The average Bonchev–Trinajstić information content (AvgIpc) is 1.56. The lowest BCUT2D eigenvalue weighted by Crippen LogP contribution is -2.36. The molecule has 0 aliphatic rings.